The quantitative estimate of drug-likeness (QED) is 0.659. The molecule has 112 valence electrons. The molecule has 4 nitrogen and oxygen atoms in total. The molecule has 1 aliphatic carbocycles. The summed E-state index contributed by atoms with van der Waals surface area (Å²) in [5.41, 5.74) is 2.74. The van der Waals surface area contributed by atoms with Crippen LogP contribution in [0.5, 0.6) is 0 Å². The molecule has 0 heterocycles. The minimum Gasteiger partial charge on any atom is -0.507 e. The molecule has 0 aromatic heterocycles. The predicted molar refractivity (Wildman–Crippen MR) is 82.5 cm³/mol. The van der Waals surface area contributed by atoms with E-state index in [1.165, 1.54) is 6.08 Å². The highest BCUT2D eigenvalue weighted by Crippen LogP contribution is 2.37. The van der Waals surface area contributed by atoms with Gasteiger partial charge in [-0.05, 0) is 32.8 Å². The summed E-state index contributed by atoms with van der Waals surface area (Å²) < 4.78 is 0. The molecule has 4 heteroatoms. The maximum atomic E-state index is 12.6. The minimum absolute atomic E-state index is 0.0205. The molecule has 0 saturated heterocycles. The van der Waals surface area contributed by atoms with Crippen molar-refractivity contribution in [1.82, 2.24) is 5.48 Å². The number of hydrogen-bond acceptors (Lipinski definition) is 4. The Bertz CT molecular complexity index is 598. The van der Waals surface area contributed by atoms with Gasteiger partial charge in [-0.1, -0.05) is 30.3 Å². The van der Waals surface area contributed by atoms with Gasteiger partial charge in [0.1, 0.15) is 11.3 Å². The number of ketones is 1. The smallest absolute Gasteiger partial charge is 0.186 e. The molecule has 1 aromatic carbocycles. The van der Waals surface area contributed by atoms with Gasteiger partial charge in [0, 0.05) is 11.6 Å². The summed E-state index contributed by atoms with van der Waals surface area (Å²) in [4.78, 5) is 18.2. The van der Waals surface area contributed by atoms with E-state index in [0.29, 0.717) is 17.5 Å². The van der Waals surface area contributed by atoms with Crippen molar-refractivity contribution >= 4 is 11.5 Å². The molecule has 2 rings (SSSR count). The van der Waals surface area contributed by atoms with Gasteiger partial charge in [-0.25, -0.2) is 0 Å². The number of aliphatic hydroxyl groups excluding tert-OH is 1. The molecule has 1 atom stereocenters. The highest BCUT2D eigenvalue weighted by atomic mass is 16.7. The second kappa shape index (κ2) is 5.47. The van der Waals surface area contributed by atoms with E-state index >= 15 is 0 Å². The first-order chi connectivity index (χ1) is 9.80. The molecule has 0 amide bonds. The lowest BCUT2D eigenvalue weighted by Gasteiger charge is -2.37. The molecule has 0 spiro atoms. The topological polar surface area (TPSA) is 58.6 Å². The van der Waals surface area contributed by atoms with Crippen LogP contribution in [0.25, 0.3) is 5.76 Å². The second-order valence-corrected chi connectivity index (χ2v) is 6.15. The molecule has 21 heavy (non-hydrogen) atoms. The fraction of sp³-hybridized carbons (Fsp3) is 0.353. The van der Waals surface area contributed by atoms with Crippen molar-refractivity contribution < 1.29 is 14.7 Å². The molecule has 2 N–H and O–H groups in total. The van der Waals surface area contributed by atoms with Crippen LogP contribution in [0.3, 0.4) is 0 Å². The van der Waals surface area contributed by atoms with Crippen LogP contribution in [0, 0.1) is 0 Å². The maximum Gasteiger partial charge on any atom is 0.186 e. The molecule has 1 unspecified atom stereocenters. The lowest BCUT2D eigenvalue weighted by molar-refractivity contribution is -0.143. The highest BCUT2D eigenvalue weighted by molar-refractivity contribution is 6.06. The van der Waals surface area contributed by atoms with Crippen molar-refractivity contribution in [3.8, 4) is 0 Å². The van der Waals surface area contributed by atoms with Crippen molar-refractivity contribution in [1.29, 1.82) is 0 Å². The second-order valence-electron chi connectivity index (χ2n) is 6.15. The van der Waals surface area contributed by atoms with Gasteiger partial charge >= 0.3 is 0 Å². The number of nitrogens with one attached hydrogen (secondary N) is 1. The van der Waals surface area contributed by atoms with Crippen LogP contribution in [0.4, 0.5) is 0 Å². The number of hydroxylamine groups is 1. The third-order valence-corrected chi connectivity index (χ3v) is 3.33. The van der Waals surface area contributed by atoms with E-state index in [2.05, 4.69) is 12.1 Å². The Balaban J connectivity index is 2.53. The fourth-order valence-corrected chi connectivity index (χ4v) is 2.35. The number of aliphatic hydroxyl groups is 1. The van der Waals surface area contributed by atoms with Gasteiger partial charge < -0.3 is 5.11 Å². The third kappa shape index (κ3) is 2.91. The van der Waals surface area contributed by atoms with Crippen LogP contribution in [0.15, 0.2) is 43.0 Å². The van der Waals surface area contributed by atoms with E-state index in [4.69, 9.17) is 4.84 Å². The average molecular weight is 287 g/mol. The van der Waals surface area contributed by atoms with E-state index in [-0.39, 0.29) is 11.5 Å². The Kier molecular flexibility index (Phi) is 4.03. The molecule has 0 fully saturated rings. The maximum absolute atomic E-state index is 12.6. The van der Waals surface area contributed by atoms with E-state index in [9.17, 15) is 9.90 Å². The summed E-state index contributed by atoms with van der Waals surface area (Å²) in [5.74, 6) is -0.268. The number of carbonyl (C=O) groups is 1. The van der Waals surface area contributed by atoms with Crippen molar-refractivity contribution in [2.24, 2.45) is 0 Å². The lowest BCUT2D eigenvalue weighted by Crippen LogP contribution is -2.52. The van der Waals surface area contributed by atoms with Gasteiger partial charge in [0.05, 0.1) is 5.60 Å². The van der Waals surface area contributed by atoms with Crippen molar-refractivity contribution in [3.05, 3.63) is 54.1 Å². The van der Waals surface area contributed by atoms with Crippen LogP contribution in [-0.4, -0.2) is 16.5 Å². The molecule has 0 saturated carbocycles. The zero-order chi connectivity index (χ0) is 15.7. The van der Waals surface area contributed by atoms with E-state index in [1.807, 2.05) is 39.0 Å². The van der Waals surface area contributed by atoms with Gasteiger partial charge in [-0.2, -0.15) is 5.48 Å². The van der Waals surface area contributed by atoms with Crippen molar-refractivity contribution in [3.63, 3.8) is 0 Å². The zero-order valence-electron chi connectivity index (χ0n) is 12.6. The monoisotopic (exact) mass is 287 g/mol. The van der Waals surface area contributed by atoms with Crippen LogP contribution in [-0.2, 0) is 15.2 Å². The molecule has 1 aliphatic rings. The van der Waals surface area contributed by atoms with Gasteiger partial charge in [0.25, 0.3) is 0 Å². The van der Waals surface area contributed by atoms with E-state index in [0.717, 1.165) is 0 Å². The Morgan fingerprint density at radius 1 is 1.38 bits per heavy atom. The fourth-order valence-electron chi connectivity index (χ4n) is 2.35. The predicted octanol–water partition coefficient (Wildman–Crippen LogP) is 3.26. The normalized spacial score (nSPS) is 21.7. The number of carbonyl (C=O) groups excluding carboxylic acids is 1. The summed E-state index contributed by atoms with van der Waals surface area (Å²) in [5, 5.41) is 10.0. The largest absolute Gasteiger partial charge is 0.507 e. The van der Waals surface area contributed by atoms with Gasteiger partial charge in [-0.3, -0.25) is 9.63 Å². The Morgan fingerprint density at radius 2 is 2.05 bits per heavy atom. The first-order valence-electron chi connectivity index (χ1n) is 6.91. The summed E-state index contributed by atoms with van der Waals surface area (Å²) in [7, 11) is 0. The molecule has 0 aliphatic heterocycles. The van der Waals surface area contributed by atoms with Crippen molar-refractivity contribution in [2.75, 3.05) is 0 Å². The number of benzene rings is 1. The molecule has 1 aromatic rings. The van der Waals surface area contributed by atoms with Crippen LogP contribution in [0.1, 0.15) is 38.3 Å². The number of fused-ring (bicyclic) bond motifs is 1. The standard InChI is InChI=1S/C17H21NO3/c1-5-10-17(18-21-16(2,3)4)13-9-7-6-8-12(13)14(19)11-15(17)20/h5-9,11,18-19H,1,10H2,2-4H3. The summed E-state index contributed by atoms with van der Waals surface area (Å²) >= 11 is 0. The minimum atomic E-state index is -1.06. The number of hydrogen-bond donors (Lipinski definition) is 2. The SMILES string of the molecule is C=CCC1(NOC(C)(C)C)C(=O)C=C(O)c2ccccc21. The van der Waals surface area contributed by atoms with Crippen LogP contribution >= 0.6 is 0 Å². The van der Waals surface area contributed by atoms with Gasteiger partial charge in [0.15, 0.2) is 5.78 Å². The first-order valence-corrected chi connectivity index (χ1v) is 6.91. The van der Waals surface area contributed by atoms with Crippen molar-refractivity contribution in [2.45, 2.75) is 38.3 Å². The Hall–Kier alpha value is -1.91. The van der Waals surface area contributed by atoms with E-state index < -0.39 is 11.1 Å². The van der Waals surface area contributed by atoms with Crippen LogP contribution in [0.2, 0.25) is 0 Å². The molecular weight excluding hydrogens is 266 g/mol. The summed E-state index contributed by atoms with van der Waals surface area (Å²) in [6.45, 7) is 9.43. The zero-order valence-corrected chi connectivity index (χ0v) is 12.6. The Morgan fingerprint density at radius 3 is 2.67 bits per heavy atom. The average Bonchev–Trinajstić information content (AvgIpc) is 2.41. The first kappa shape index (κ1) is 15.5. The molecule has 0 radical (unpaired) electrons. The summed E-state index contributed by atoms with van der Waals surface area (Å²) in [6, 6.07) is 7.26. The van der Waals surface area contributed by atoms with Crippen LogP contribution < -0.4 is 5.48 Å². The number of rotatable bonds is 4. The third-order valence-electron chi connectivity index (χ3n) is 3.33. The van der Waals surface area contributed by atoms with E-state index in [1.54, 1.807) is 12.1 Å². The Labute approximate surface area is 125 Å². The molecular formula is C17H21NO3. The van der Waals surface area contributed by atoms with Gasteiger partial charge in [0.2, 0.25) is 0 Å². The summed E-state index contributed by atoms with van der Waals surface area (Å²) in [6.07, 6.45) is 3.28. The molecule has 0 bridgehead atoms. The van der Waals surface area contributed by atoms with Gasteiger partial charge in [-0.15, -0.1) is 6.58 Å². The lowest BCUT2D eigenvalue weighted by atomic mass is 9.76. The highest BCUT2D eigenvalue weighted by Gasteiger charge is 2.44.